The first kappa shape index (κ1) is 16.4. The lowest BCUT2D eigenvalue weighted by molar-refractivity contribution is -0.135. The van der Waals surface area contributed by atoms with Crippen molar-refractivity contribution >= 4 is 5.91 Å². The van der Waals surface area contributed by atoms with Gasteiger partial charge in [0.2, 0.25) is 0 Å². The molecule has 128 valence electrons. The van der Waals surface area contributed by atoms with Crippen LogP contribution in [0.3, 0.4) is 0 Å². The minimum absolute atomic E-state index is 0.0154. The fourth-order valence-electron chi connectivity index (χ4n) is 2.94. The summed E-state index contributed by atoms with van der Waals surface area (Å²) in [6.07, 6.45) is 0.674. The highest BCUT2D eigenvalue weighted by Crippen LogP contribution is 2.16. The number of nitrogens with zero attached hydrogens (tertiary/aromatic N) is 4. The van der Waals surface area contributed by atoms with Crippen molar-refractivity contribution in [3.8, 4) is 5.75 Å². The lowest BCUT2D eigenvalue weighted by atomic mass is 10.2. The Balaban J connectivity index is 1.64. The predicted octanol–water partition coefficient (Wildman–Crippen LogP) is 1.28. The molecule has 0 saturated carbocycles. The van der Waals surface area contributed by atoms with Crippen LogP contribution in [0.2, 0.25) is 0 Å². The van der Waals surface area contributed by atoms with Crippen LogP contribution in [0.1, 0.15) is 18.6 Å². The van der Waals surface area contributed by atoms with Crippen LogP contribution in [0.4, 0.5) is 0 Å². The molecule has 1 amide bonds. The quantitative estimate of drug-likeness (QED) is 0.826. The maximum absolute atomic E-state index is 12.5. The van der Waals surface area contributed by atoms with E-state index in [1.54, 1.807) is 7.11 Å². The summed E-state index contributed by atoms with van der Waals surface area (Å²) in [6.45, 7) is 3.77. The Bertz CT molecular complexity index is 686. The molecule has 0 fully saturated rings. The van der Waals surface area contributed by atoms with Gasteiger partial charge in [0.1, 0.15) is 18.2 Å². The van der Waals surface area contributed by atoms with E-state index >= 15 is 0 Å². The van der Waals surface area contributed by atoms with Gasteiger partial charge in [0.15, 0.2) is 12.4 Å². The van der Waals surface area contributed by atoms with Crippen LogP contribution in [0, 0.1) is 0 Å². The predicted molar refractivity (Wildman–Crippen MR) is 87.6 cm³/mol. The molecule has 2 aromatic rings. The number of methoxy groups -OCH3 is 1. The molecular formula is C17H22N4O3. The Morgan fingerprint density at radius 2 is 2.04 bits per heavy atom. The van der Waals surface area contributed by atoms with Gasteiger partial charge in [-0.3, -0.25) is 4.79 Å². The summed E-state index contributed by atoms with van der Waals surface area (Å²) >= 11 is 0. The second-order valence-electron chi connectivity index (χ2n) is 5.86. The Kier molecular flexibility index (Phi) is 5.10. The highest BCUT2D eigenvalue weighted by molar-refractivity contribution is 5.78. The molecule has 0 N–H and O–H groups in total. The molecule has 0 bridgehead atoms. The van der Waals surface area contributed by atoms with Gasteiger partial charge in [0.05, 0.1) is 0 Å². The number of aromatic nitrogens is 3. The van der Waals surface area contributed by atoms with E-state index in [0.29, 0.717) is 31.9 Å². The van der Waals surface area contributed by atoms with Crippen molar-refractivity contribution in [3.63, 3.8) is 0 Å². The highest BCUT2D eigenvalue weighted by atomic mass is 16.5. The first-order chi connectivity index (χ1) is 11.7. The van der Waals surface area contributed by atoms with E-state index in [1.807, 2.05) is 46.7 Å². The molecule has 0 unspecified atom stereocenters. The maximum Gasteiger partial charge on any atom is 0.260 e. The number of hydrogen-bond donors (Lipinski definition) is 0. The van der Waals surface area contributed by atoms with Gasteiger partial charge < -0.3 is 18.9 Å². The Hall–Kier alpha value is -2.41. The fraction of sp³-hybridized carbons (Fsp3) is 0.471. The lowest BCUT2D eigenvalue weighted by Crippen LogP contribution is -2.42. The lowest BCUT2D eigenvalue weighted by Gasteiger charge is -2.26. The molecule has 7 heteroatoms. The van der Waals surface area contributed by atoms with Crippen molar-refractivity contribution in [3.05, 3.63) is 42.0 Å². The molecule has 0 spiro atoms. The average Bonchev–Trinajstić information content (AvgIpc) is 2.87. The van der Waals surface area contributed by atoms with E-state index in [-0.39, 0.29) is 18.6 Å². The normalized spacial score (nSPS) is 17.2. The number of benzene rings is 1. The van der Waals surface area contributed by atoms with Crippen molar-refractivity contribution in [1.29, 1.82) is 0 Å². The Morgan fingerprint density at radius 3 is 2.79 bits per heavy atom. The standard InChI is InChI=1S/C17H22N4O3/c1-13-10-15-18-19-16(11-23-2)21(15)9-8-20(13)17(22)12-24-14-6-4-3-5-7-14/h3-7,13H,8-12H2,1-2H3/t13-/m1/s1. The largest absolute Gasteiger partial charge is 0.484 e. The van der Waals surface area contributed by atoms with E-state index in [9.17, 15) is 4.79 Å². The molecule has 2 heterocycles. The summed E-state index contributed by atoms with van der Waals surface area (Å²) in [5.74, 6) is 2.38. The molecular weight excluding hydrogens is 308 g/mol. The zero-order chi connectivity index (χ0) is 16.9. The molecule has 24 heavy (non-hydrogen) atoms. The molecule has 3 rings (SSSR count). The number of carbonyl (C=O) groups is 1. The van der Waals surface area contributed by atoms with Gasteiger partial charge in [-0.1, -0.05) is 18.2 Å². The van der Waals surface area contributed by atoms with Crippen LogP contribution in [0.5, 0.6) is 5.75 Å². The number of carbonyl (C=O) groups excluding carboxylic acids is 1. The van der Waals surface area contributed by atoms with Gasteiger partial charge in [-0.2, -0.15) is 0 Å². The van der Waals surface area contributed by atoms with E-state index < -0.39 is 0 Å². The van der Waals surface area contributed by atoms with Crippen LogP contribution in [0.25, 0.3) is 0 Å². The van der Waals surface area contributed by atoms with Crippen molar-refractivity contribution in [2.75, 3.05) is 20.3 Å². The number of para-hydroxylation sites is 1. The number of fused-ring (bicyclic) bond motifs is 1. The van der Waals surface area contributed by atoms with Gasteiger partial charge in [-0.05, 0) is 19.1 Å². The summed E-state index contributed by atoms with van der Waals surface area (Å²) in [5, 5.41) is 8.41. The molecule has 1 atom stereocenters. The Labute approximate surface area is 141 Å². The van der Waals surface area contributed by atoms with Crippen molar-refractivity contribution in [1.82, 2.24) is 19.7 Å². The molecule has 1 aromatic carbocycles. The van der Waals surface area contributed by atoms with Crippen LogP contribution < -0.4 is 4.74 Å². The summed E-state index contributed by atoms with van der Waals surface area (Å²) in [6, 6.07) is 9.43. The molecule has 0 aliphatic carbocycles. The van der Waals surface area contributed by atoms with Crippen molar-refractivity contribution < 1.29 is 14.3 Å². The van der Waals surface area contributed by atoms with Gasteiger partial charge >= 0.3 is 0 Å². The number of amides is 1. The third-order valence-corrected chi connectivity index (χ3v) is 4.18. The van der Waals surface area contributed by atoms with Gasteiger partial charge in [-0.15, -0.1) is 10.2 Å². The monoisotopic (exact) mass is 330 g/mol. The highest BCUT2D eigenvalue weighted by Gasteiger charge is 2.27. The van der Waals surface area contributed by atoms with Gasteiger partial charge in [0.25, 0.3) is 5.91 Å². The molecule has 0 radical (unpaired) electrons. The first-order valence-corrected chi connectivity index (χ1v) is 8.06. The second-order valence-corrected chi connectivity index (χ2v) is 5.86. The van der Waals surface area contributed by atoms with E-state index in [4.69, 9.17) is 9.47 Å². The maximum atomic E-state index is 12.5. The number of rotatable bonds is 5. The third kappa shape index (κ3) is 3.56. The third-order valence-electron chi connectivity index (χ3n) is 4.18. The smallest absolute Gasteiger partial charge is 0.260 e. The van der Waals surface area contributed by atoms with E-state index in [1.165, 1.54) is 0 Å². The van der Waals surface area contributed by atoms with E-state index in [0.717, 1.165) is 11.6 Å². The fourth-order valence-corrected chi connectivity index (χ4v) is 2.94. The number of ether oxygens (including phenoxy) is 2. The van der Waals surface area contributed by atoms with Gasteiger partial charge in [-0.25, -0.2) is 0 Å². The minimum atomic E-state index is -0.0154. The van der Waals surface area contributed by atoms with Crippen LogP contribution in [-0.2, 0) is 29.1 Å². The molecule has 0 saturated heterocycles. The average molecular weight is 330 g/mol. The summed E-state index contributed by atoms with van der Waals surface area (Å²) in [5.41, 5.74) is 0. The van der Waals surface area contributed by atoms with Crippen LogP contribution in [0.15, 0.2) is 30.3 Å². The molecule has 1 aliphatic rings. The SMILES string of the molecule is COCc1nnc2n1CCN(C(=O)COc1ccccc1)[C@H](C)C2. The van der Waals surface area contributed by atoms with Gasteiger partial charge in [0, 0.05) is 32.7 Å². The first-order valence-electron chi connectivity index (χ1n) is 8.06. The van der Waals surface area contributed by atoms with E-state index in [2.05, 4.69) is 10.2 Å². The van der Waals surface area contributed by atoms with Crippen LogP contribution in [-0.4, -0.2) is 51.9 Å². The molecule has 1 aromatic heterocycles. The minimum Gasteiger partial charge on any atom is -0.484 e. The number of hydrogen-bond acceptors (Lipinski definition) is 5. The second kappa shape index (κ2) is 7.44. The summed E-state index contributed by atoms with van der Waals surface area (Å²) < 4.78 is 12.8. The zero-order valence-electron chi connectivity index (χ0n) is 14.0. The summed E-state index contributed by atoms with van der Waals surface area (Å²) in [4.78, 5) is 14.4. The molecule has 7 nitrogen and oxygen atoms in total. The zero-order valence-corrected chi connectivity index (χ0v) is 14.0. The topological polar surface area (TPSA) is 69.5 Å². The Morgan fingerprint density at radius 1 is 1.25 bits per heavy atom. The van der Waals surface area contributed by atoms with Crippen molar-refractivity contribution in [2.45, 2.75) is 32.5 Å². The van der Waals surface area contributed by atoms with Crippen LogP contribution >= 0.6 is 0 Å². The molecule has 1 aliphatic heterocycles. The van der Waals surface area contributed by atoms with Crippen molar-refractivity contribution in [2.24, 2.45) is 0 Å². The summed E-state index contributed by atoms with van der Waals surface area (Å²) in [7, 11) is 1.64.